The van der Waals surface area contributed by atoms with Gasteiger partial charge in [-0.1, -0.05) is 47.8 Å². The number of rotatable bonds is 10. The van der Waals surface area contributed by atoms with Crippen LogP contribution in [0.15, 0.2) is 41.5 Å². The van der Waals surface area contributed by atoms with Crippen LogP contribution in [0.4, 0.5) is 0 Å². The van der Waals surface area contributed by atoms with Crippen molar-refractivity contribution in [1.82, 2.24) is 4.57 Å². The molecule has 1 aliphatic carbocycles. The van der Waals surface area contributed by atoms with Crippen LogP contribution >= 0.6 is 38.5 Å². The molecular weight excluding hydrogens is 529 g/mol. The van der Waals surface area contributed by atoms with E-state index in [2.05, 4.69) is 68.0 Å². The Bertz CT molecular complexity index is 873. The lowest BCUT2D eigenvalue weighted by Gasteiger charge is -2.11. The predicted octanol–water partition coefficient (Wildman–Crippen LogP) is 6.70. The van der Waals surface area contributed by atoms with E-state index >= 15 is 0 Å². The molecule has 1 heterocycles. The molecule has 1 aromatic carbocycles. The summed E-state index contributed by atoms with van der Waals surface area (Å²) in [6.45, 7) is 4.00. The van der Waals surface area contributed by atoms with Crippen molar-refractivity contribution < 1.29 is 9.59 Å². The number of halogens is 2. The number of benzene rings is 1. The van der Waals surface area contributed by atoms with Crippen molar-refractivity contribution >= 4 is 61.0 Å². The van der Waals surface area contributed by atoms with Gasteiger partial charge < -0.3 is 4.57 Å². The summed E-state index contributed by atoms with van der Waals surface area (Å²) in [7, 11) is 0. The number of carbonyl (C=O) groups is 2. The van der Waals surface area contributed by atoms with E-state index in [9.17, 15) is 9.59 Å². The van der Waals surface area contributed by atoms with E-state index in [1.807, 2.05) is 6.07 Å². The Hall–Kier alpha value is -0.950. The molecule has 3 rings (SSSR count). The fourth-order valence-corrected chi connectivity index (χ4v) is 5.50. The molecule has 0 amide bonds. The van der Waals surface area contributed by atoms with Gasteiger partial charge in [0, 0.05) is 32.5 Å². The minimum atomic E-state index is 0.160. The highest BCUT2D eigenvalue weighted by molar-refractivity contribution is 14.1. The minimum absolute atomic E-state index is 0.160. The van der Waals surface area contributed by atoms with Crippen LogP contribution in [0.5, 0.6) is 0 Å². The summed E-state index contributed by atoms with van der Waals surface area (Å²) >= 11 is 5.86. The average molecular weight is 556 g/mol. The predicted molar refractivity (Wildman–Crippen MR) is 126 cm³/mol. The van der Waals surface area contributed by atoms with Gasteiger partial charge in [-0.15, -0.1) is 0 Å². The standard InChI is InChI=1S/C23H27BrINO2/c1-2-19(27)10-8-17-7-6-16(12-17)4-3-5-20(28)14-26-15-22(25)21-11-9-18(24)13-23(21)26/h2,9,11,13,15-17H,1,3-8,10,12,14H2. The molecule has 0 saturated heterocycles. The molecule has 1 aliphatic rings. The van der Waals surface area contributed by atoms with Gasteiger partial charge in [-0.05, 0) is 71.9 Å². The number of Topliss-reactive ketones (excluding diaryl/α,β-unsaturated/α-hetero) is 1. The SMILES string of the molecule is C=CC(=O)CCC1CCC(CCCC(=O)Cn2cc(I)c3ccc(Br)cc32)C1. The van der Waals surface area contributed by atoms with Crippen molar-refractivity contribution in [3.05, 3.63) is 45.1 Å². The second-order valence-electron chi connectivity index (χ2n) is 7.95. The van der Waals surface area contributed by atoms with Crippen LogP contribution in [0.2, 0.25) is 0 Å². The Morgan fingerprint density at radius 1 is 1.21 bits per heavy atom. The smallest absolute Gasteiger partial charge is 0.155 e. The third-order valence-electron chi connectivity index (χ3n) is 5.89. The zero-order valence-electron chi connectivity index (χ0n) is 16.1. The van der Waals surface area contributed by atoms with Crippen LogP contribution in [0.3, 0.4) is 0 Å². The zero-order valence-corrected chi connectivity index (χ0v) is 19.9. The van der Waals surface area contributed by atoms with Crippen LogP contribution in [0.1, 0.15) is 51.4 Å². The first-order valence-electron chi connectivity index (χ1n) is 10.1. The van der Waals surface area contributed by atoms with E-state index in [4.69, 9.17) is 0 Å². The molecule has 0 aliphatic heterocycles. The maximum atomic E-state index is 12.5. The van der Waals surface area contributed by atoms with Crippen molar-refractivity contribution in [2.75, 3.05) is 0 Å². The number of ketones is 2. The van der Waals surface area contributed by atoms with Crippen molar-refractivity contribution in [3.8, 4) is 0 Å². The highest BCUT2D eigenvalue weighted by Crippen LogP contribution is 2.36. The van der Waals surface area contributed by atoms with Gasteiger partial charge >= 0.3 is 0 Å². The van der Waals surface area contributed by atoms with Gasteiger partial charge in [0.05, 0.1) is 12.1 Å². The van der Waals surface area contributed by atoms with Crippen molar-refractivity contribution in [2.45, 2.75) is 57.9 Å². The first kappa shape index (κ1) is 21.8. The third-order valence-corrected chi connectivity index (χ3v) is 7.24. The molecule has 0 spiro atoms. The Balaban J connectivity index is 1.43. The molecule has 5 heteroatoms. The van der Waals surface area contributed by atoms with Gasteiger partial charge in [-0.3, -0.25) is 9.59 Å². The Morgan fingerprint density at radius 3 is 2.71 bits per heavy atom. The lowest BCUT2D eigenvalue weighted by atomic mass is 9.95. The average Bonchev–Trinajstić information content (AvgIpc) is 3.24. The summed E-state index contributed by atoms with van der Waals surface area (Å²) in [5.74, 6) is 1.87. The van der Waals surface area contributed by atoms with Crippen LogP contribution < -0.4 is 0 Å². The Morgan fingerprint density at radius 2 is 1.96 bits per heavy atom. The topological polar surface area (TPSA) is 39.1 Å². The number of aromatic nitrogens is 1. The van der Waals surface area contributed by atoms with Crippen molar-refractivity contribution in [2.24, 2.45) is 11.8 Å². The van der Waals surface area contributed by atoms with Gasteiger partial charge in [0.2, 0.25) is 0 Å². The van der Waals surface area contributed by atoms with E-state index < -0.39 is 0 Å². The van der Waals surface area contributed by atoms with Gasteiger partial charge in [0.1, 0.15) is 0 Å². The fraction of sp³-hybridized carbons (Fsp3) is 0.478. The van der Waals surface area contributed by atoms with E-state index in [-0.39, 0.29) is 5.78 Å². The number of nitrogens with zero attached hydrogens (tertiary/aromatic N) is 1. The second-order valence-corrected chi connectivity index (χ2v) is 10.0. The van der Waals surface area contributed by atoms with E-state index in [0.717, 1.165) is 35.2 Å². The highest BCUT2D eigenvalue weighted by atomic mass is 127. The van der Waals surface area contributed by atoms with E-state index in [1.54, 1.807) is 0 Å². The number of hydrogen-bond donors (Lipinski definition) is 0. The summed E-state index contributed by atoms with van der Waals surface area (Å²) in [4.78, 5) is 23.9. The van der Waals surface area contributed by atoms with Crippen LogP contribution in [-0.4, -0.2) is 16.1 Å². The van der Waals surface area contributed by atoms with Crippen LogP contribution in [-0.2, 0) is 16.1 Å². The molecule has 1 fully saturated rings. The Kier molecular flexibility index (Phi) is 7.92. The van der Waals surface area contributed by atoms with Crippen molar-refractivity contribution in [1.29, 1.82) is 0 Å². The number of allylic oxidation sites excluding steroid dienone is 1. The van der Waals surface area contributed by atoms with Gasteiger partial charge in [0.25, 0.3) is 0 Å². The van der Waals surface area contributed by atoms with Crippen LogP contribution in [0, 0.1) is 15.4 Å². The van der Waals surface area contributed by atoms with Crippen molar-refractivity contribution in [3.63, 3.8) is 0 Å². The zero-order chi connectivity index (χ0) is 20.1. The minimum Gasteiger partial charge on any atom is -0.339 e. The number of carbonyl (C=O) groups excluding carboxylic acids is 2. The molecule has 2 atom stereocenters. The first-order valence-corrected chi connectivity index (χ1v) is 11.9. The van der Waals surface area contributed by atoms with Crippen LogP contribution in [0.25, 0.3) is 10.9 Å². The number of hydrogen-bond acceptors (Lipinski definition) is 2. The maximum absolute atomic E-state index is 12.5. The highest BCUT2D eigenvalue weighted by Gasteiger charge is 2.24. The summed E-state index contributed by atoms with van der Waals surface area (Å²) in [5, 5.41) is 1.20. The Labute approximate surface area is 189 Å². The molecule has 0 N–H and O–H groups in total. The summed E-state index contributed by atoms with van der Waals surface area (Å²) in [6.07, 6.45) is 11.6. The molecule has 2 aromatic rings. The quantitative estimate of drug-likeness (QED) is 0.242. The molecule has 0 bridgehead atoms. The molecule has 28 heavy (non-hydrogen) atoms. The third kappa shape index (κ3) is 5.78. The summed E-state index contributed by atoms with van der Waals surface area (Å²) < 4.78 is 4.29. The molecule has 1 aromatic heterocycles. The molecular formula is C23H27BrINO2. The van der Waals surface area contributed by atoms with E-state index in [1.165, 1.54) is 34.3 Å². The molecule has 150 valence electrons. The van der Waals surface area contributed by atoms with Gasteiger partial charge in [-0.2, -0.15) is 0 Å². The molecule has 3 nitrogen and oxygen atoms in total. The van der Waals surface area contributed by atoms with Gasteiger partial charge in [-0.25, -0.2) is 0 Å². The monoisotopic (exact) mass is 555 g/mol. The largest absolute Gasteiger partial charge is 0.339 e. The lowest BCUT2D eigenvalue weighted by molar-refractivity contribution is -0.119. The molecule has 1 saturated carbocycles. The molecule has 0 radical (unpaired) electrons. The molecule has 2 unspecified atom stereocenters. The van der Waals surface area contributed by atoms with Gasteiger partial charge in [0.15, 0.2) is 11.6 Å². The fourth-order valence-electron chi connectivity index (χ4n) is 4.36. The van der Waals surface area contributed by atoms with E-state index in [0.29, 0.717) is 31.1 Å². The lowest BCUT2D eigenvalue weighted by Crippen LogP contribution is -2.09. The second kappa shape index (κ2) is 10.2. The summed E-state index contributed by atoms with van der Waals surface area (Å²) in [6, 6.07) is 6.22. The number of fused-ring (bicyclic) bond motifs is 1. The maximum Gasteiger partial charge on any atom is 0.155 e. The summed E-state index contributed by atoms with van der Waals surface area (Å²) in [5.41, 5.74) is 1.11. The normalized spacial score (nSPS) is 19.2. The first-order chi connectivity index (χ1) is 13.5.